The fourth-order valence-electron chi connectivity index (χ4n) is 3.30. The van der Waals surface area contributed by atoms with Gasteiger partial charge in [0.2, 0.25) is 5.91 Å². The highest BCUT2D eigenvalue weighted by Crippen LogP contribution is 2.40. The van der Waals surface area contributed by atoms with E-state index in [1.54, 1.807) is 0 Å². The first-order valence-electron chi connectivity index (χ1n) is 7.59. The van der Waals surface area contributed by atoms with Crippen LogP contribution in [0.15, 0.2) is 18.2 Å². The Hall–Kier alpha value is -1.55. The number of fused-ring (bicyclic) bond motifs is 1. The molecule has 0 aliphatic carbocycles. The van der Waals surface area contributed by atoms with Gasteiger partial charge in [0.1, 0.15) is 0 Å². The lowest BCUT2D eigenvalue weighted by Crippen LogP contribution is -2.43. The molecule has 2 heterocycles. The first-order valence-corrected chi connectivity index (χ1v) is 7.59. The number of hydrogen-bond donors (Lipinski definition) is 1. The summed E-state index contributed by atoms with van der Waals surface area (Å²) in [6.07, 6.45) is 1.99. The largest absolute Gasteiger partial charge is 0.369 e. The average molecular weight is 273 g/mol. The van der Waals surface area contributed by atoms with E-state index in [0.29, 0.717) is 0 Å². The maximum Gasteiger partial charge on any atom is 0.234 e. The smallest absolute Gasteiger partial charge is 0.234 e. The van der Waals surface area contributed by atoms with Gasteiger partial charge in [0.25, 0.3) is 0 Å². The van der Waals surface area contributed by atoms with Crippen molar-refractivity contribution >= 4 is 17.3 Å². The number of nitrogens with zero attached hydrogens (tertiary/aromatic N) is 2. The normalized spacial score (nSPS) is 22.3. The zero-order valence-electron chi connectivity index (χ0n) is 12.4. The van der Waals surface area contributed by atoms with Crippen LogP contribution in [-0.4, -0.2) is 39.1 Å². The van der Waals surface area contributed by atoms with Gasteiger partial charge in [0.15, 0.2) is 0 Å². The SMILES string of the molecule is CCCC1C(=O)N(C)c2ccc(N3CCNCC3)cc21. The average Bonchev–Trinajstić information content (AvgIpc) is 2.73. The number of anilines is 2. The Bertz CT molecular complexity index is 508. The molecule has 1 N–H and O–H groups in total. The minimum Gasteiger partial charge on any atom is -0.369 e. The summed E-state index contributed by atoms with van der Waals surface area (Å²) in [4.78, 5) is 16.6. The first kappa shape index (κ1) is 13.4. The molecule has 2 aliphatic rings. The molecule has 20 heavy (non-hydrogen) atoms. The number of amides is 1. The van der Waals surface area contributed by atoms with E-state index in [1.807, 2.05) is 11.9 Å². The first-order chi connectivity index (χ1) is 9.72. The highest BCUT2D eigenvalue weighted by molar-refractivity contribution is 6.04. The van der Waals surface area contributed by atoms with Gasteiger partial charge in [0, 0.05) is 44.6 Å². The zero-order valence-corrected chi connectivity index (χ0v) is 12.4. The molecule has 1 aromatic carbocycles. The van der Waals surface area contributed by atoms with E-state index in [4.69, 9.17) is 0 Å². The van der Waals surface area contributed by atoms with E-state index >= 15 is 0 Å². The van der Waals surface area contributed by atoms with Crippen molar-refractivity contribution in [1.29, 1.82) is 0 Å². The molecule has 108 valence electrons. The van der Waals surface area contributed by atoms with E-state index < -0.39 is 0 Å². The standard InChI is InChI=1S/C16H23N3O/c1-3-4-13-14-11-12(19-9-7-17-8-10-19)5-6-15(14)18(2)16(13)20/h5-6,11,13,17H,3-4,7-10H2,1-2H3. The number of rotatable bonds is 3. The van der Waals surface area contributed by atoms with E-state index in [0.717, 1.165) is 44.7 Å². The van der Waals surface area contributed by atoms with Gasteiger partial charge >= 0.3 is 0 Å². The van der Waals surface area contributed by atoms with Crippen molar-refractivity contribution in [3.05, 3.63) is 23.8 Å². The van der Waals surface area contributed by atoms with Crippen LogP contribution in [0.2, 0.25) is 0 Å². The molecule has 0 bridgehead atoms. The molecular formula is C16H23N3O. The summed E-state index contributed by atoms with van der Waals surface area (Å²) in [5, 5.41) is 3.38. The molecular weight excluding hydrogens is 250 g/mol. The fourth-order valence-corrected chi connectivity index (χ4v) is 3.30. The Morgan fingerprint density at radius 3 is 2.75 bits per heavy atom. The molecule has 1 atom stereocenters. The number of piperazine rings is 1. The van der Waals surface area contributed by atoms with Gasteiger partial charge in [-0.3, -0.25) is 4.79 Å². The van der Waals surface area contributed by atoms with Gasteiger partial charge in [-0.05, 0) is 30.2 Å². The van der Waals surface area contributed by atoms with Gasteiger partial charge in [-0.15, -0.1) is 0 Å². The summed E-state index contributed by atoms with van der Waals surface area (Å²) >= 11 is 0. The van der Waals surface area contributed by atoms with E-state index in [1.165, 1.54) is 11.3 Å². The Balaban J connectivity index is 1.93. The van der Waals surface area contributed by atoms with Crippen LogP contribution in [0.4, 0.5) is 11.4 Å². The lowest BCUT2D eigenvalue weighted by Gasteiger charge is -2.30. The Kier molecular flexibility index (Phi) is 3.66. The van der Waals surface area contributed by atoms with Crippen molar-refractivity contribution in [2.75, 3.05) is 43.0 Å². The summed E-state index contributed by atoms with van der Waals surface area (Å²) in [7, 11) is 1.89. The molecule has 4 heteroatoms. The predicted molar refractivity (Wildman–Crippen MR) is 82.6 cm³/mol. The molecule has 1 amide bonds. The van der Waals surface area contributed by atoms with Crippen LogP contribution in [0.25, 0.3) is 0 Å². The number of nitrogens with one attached hydrogen (secondary N) is 1. The summed E-state index contributed by atoms with van der Waals surface area (Å²) < 4.78 is 0. The van der Waals surface area contributed by atoms with Crippen LogP contribution in [-0.2, 0) is 4.79 Å². The molecule has 1 aromatic rings. The van der Waals surface area contributed by atoms with Crippen LogP contribution >= 0.6 is 0 Å². The molecule has 1 fully saturated rings. The van der Waals surface area contributed by atoms with Crippen LogP contribution in [0.5, 0.6) is 0 Å². The highest BCUT2D eigenvalue weighted by atomic mass is 16.2. The summed E-state index contributed by atoms with van der Waals surface area (Å²) in [6, 6.07) is 6.50. The van der Waals surface area contributed by atoms with Crippen LogP contribution in [0, 0.1) is 0 Å². The number of hydrogen-bond acceptors (Lipinski definition) is 3. The van der Waals surface area contributed by atoms with Crippen molar-refractivity contribution in [2.24, 2.45) is 0 Å². The minimum absolute atomic E-state index is 0.0582. The molecule has 0 saturated carbocycles. The number of carbonyl (C=O) groups excluding carboxylic acids is 1. The van der Waals surface area contributed by atoms with Crippen molar-refractivity contribution in [1.82, 2.24) is 5.32 Å². The van der Waals surface area contributed by atoms with Crippen LogP contribution in [0.3, 0.4) is 0 Å². The van der Waals surface area contributed by atoms with Gasteiger partial charge in [0.05, 0.1) is 5.92 Å². The van der Waals surface area contributed by atoms with Crippen LogP contribution < -0.4 is 15.1 Å². The predicted octanol–water partition coefficient (Wildman–Crippen LogP) is 1.96. The monoisotopic (exact) mass is 273 g/mol. The van der Waals surface area contributed by atoms with Gasteiger partial charge in [-0.1, -0.05) is 13.3 Å². The van der Waals surface area contributed by atoms with Crippen LogP contribution in [0.1, 0.15) is 31.2 Å². The molecule has 2 aliphatic heterocycles. The maximum absolute atomic E-state index is 12.3. The Labute approximate surface area is 120 Å². The lowest BCUT2D eigenvalue weighted by molar-refractivity contribution is -0.119. The Morgan fingerprint density at radius 1 is 1.30 bits per heavy atom. The topological polar surface area (TPSA) is 35.6 Å². The maximum atomic E-state index is 12.3. The molecule has 4 nitrogen and oxygen atoms in total. The second-order valence-electron chi connectivity index (χ2n) is 5.72. The van der Waals surface area contributed by atoms with Gasteiger partial charge < -0.3 is 15.1 Å². The molecule has 1 unspecified atom stereocenters. The van der Waals surface area contributed by atoms with E-state index in [-0.39, 0.29) is 11.8 Å². The third-order valence-electron chi connectivity index (χ3n) is 4.44. The fraction of sp³-hybridized carbons (Fsp3) is 0.562. The highest BCUT2D eigenvalue weighted by Gasteiger charge is 2.34. The molecule has 0 radical (unpaired) electrons. The van der Waals surface area contributed by atoms with Crippen molar-refractivity contribution in [3.63, 3.8) is 0 Å². The summed E-state index contributed by atoms with van der Waals surface area (Å²) in [5.74, 6) is 0.308. The third-order valence-corrected chi connectivity index (χ3v) is 4.44. The second kappa shape index (κ2) is 5.44. The van der Waals surface area contributed by atoms with Gasteiger partial charge in [-0.25, -0.2) is 0 Å². The lowest BCUT2D eigenvalue weighted by atomic mass is 9.95. The Morgan fingerprint density at radius 2 is 2.05 bits per heavy atom. The van der Waals surface area contributed by atoms with E-state index in [9.17, 15) is 4.79 Å². The van der Waals surface area contributed by atoms with Crippen molar-refractivity contribution in [3.8, 4) is 0 Å². The quantitative estimate of drug-likeness (QED) is 0.914. The minimum atomic E-state index is 0.0582. The number of likely N-dealkylation sites (N-methyl/N-ethyl adjacent to an activating group) is 1. The summed E-state index contributed by atoms with van der Waals surface area (Å²) in [6.45, 7) is 6.30. The molecule has 0 spiro atoms. The van der Waals surface area contributed by atoms with Crippen molar-refractivity contribution < 1.29 is 4.79 Å². The molecule has 0 aromatic heterocycles. The van der Waals surface area contributed by atoms with Crippen molar-refractivity contribution in [2.45, 2.75) is 25.7 Å². The molecule has 3 rings (SSSR count). The molecule has 1 saturated heterocycles. The third kappa shape index (κ3) is 2.18. The van der Waals surface area contributed by atoms with Gasteiger partial charge in [-0.2, -0.15) is 0 Å². The second-order valence-corrected chi connectivity index (χ2v) is 5.72. The number of benzene rings is 1. The zero-order chi connectivity index (χ0) is 14.1. The van der Waals surface area contributed by atoms with E-state index in [2.05, 4.69) is 35.3 Å². The number of carbonyl (C=O) groups is 1. The summed E-state index contributed by atoms with van der Waals surface area (Å²) in [5.41, 5.74) is 3.57.